The summed E-state index contributed by atoms with van der Waals surface area (Å²) in [6, 6.07) is 32.2. The highest BCUT2D eigenvalue weighted by atomic mass is 35.5. The van der Waals surface area contributed by atoms with Crippen LogP contribution in [0.5, 0.6) is 0 Å². The average Bonchev–Trinajstić information content (AvgIpc) is 2.98. The van der Waals surface area contributed by atoms with Crippen molar-refractivity contribution in [2.24, 2.45) is 0 Å². The van der Waals surface area contributed by atoms with Gasteiger partial charge in [0.05, 0.1) is 10.6 Å². The molecule has 0 heterocycles. The summed E-state index contributed by atoms with van der Waals surface area (Å²) < 4.78 is 29.0. The summed E-state index contributed by atoms with van der Waals surface area (Å²) in [6.07, 6.45) is 0.247. The van der Waals surface area contributed by atoms with E-state index in [1.807, 2.05) is 81.4 Å². The Morgan fingerprint density at radius 2 is 1.28 bits per heavy atom. The first-order valence-corrected chi connectivity index (χ1v) is 15.8. The van der Waals surface area contributed by atoms with Crippen LogP contribution in [0.3, 0.4) is 0 Å². The van der Waals surface area contributed by atoms with Crippen LogP contribution in [0, 0.1) is 0 Å². The van der Waals surface area contributed by atoms with E-state index in [0.717, 1.165) is 15.4 Å². The molecule has 0 radical (unpaired) electrons. The van der Waals surface area contributed by atoms with Gasteiger partial charge in [0.2, 0.25) is 11.8 Å². The van der Waals surface area contributed by atoms with Crippen LogP contribution in [0.25, 0.3) is 0 Å². The maximum Gasteiger partial charge on any atom is 0.264 e. The van der Waals surface area contributed by atoms with Crippen LogP contribution in [0.4, 0.5) is 5.69 Å². The van der Waals surface area contributed by atoms with Crippen LogP contribution in [0.15, 0.2) is 120 Å². The highest BCUT2D eigenvalue weighted by Gasteiger charge is 2.35. The van der Waals surface area contributed by atoms with Crippen molar-refractivity contribution >= 4 is 39.1 Å². The lowest BCUT2D eigenvalue weighted by Gasteiger charge is -2.35. The second-order valence-electron chi connectivity index (χ2n) is 11.3. The number of rotatable bonds is 11. The number of nitrogens with one attached hydrogen (secondary N) is 1. The second-order valence-corrected chi connectivity index (χ2v) is 13.6. The molecule has 1 N–H and O–H groups in total. The van der Waals surface area contributed by atoms with Crippen molar-refractivity contribution in [3.63, 3.8) is 0 Å². The van der Waals surface area contributed by atoms with E-state index >= 15 is 0 Å². The molecule has 0 saturated heterocycles. The molecule has 4 rings (SSSR count). The Morgan fingerprint density at radius 3 is 1.81 bits per heavy atom. The second kappa shape index (κ2) is 13.9. The van der Waals surface area contributed by atoms with E-state index in [1.54, 1.807) is 30.3 Å². The van der Waals surface area contributed by atoms with Gasteiger partial charge in [-0.15, -0.1) is 0 Å². The van der Waals surface area contributed by atoms with Crippen molar-refractivity contribution in [1.82, 2.24) is 10.2 Å². The van der Waals surface area contributed by atoms with Gasteiger partial charge < -0.3 is 10.2 Å². The van der Waals surface area contributed by atoms with E-state index < -0.39 is 34.1 Å². The number of halogens is 1. The molecule has 0 spiro atoms. The van der Waals surface area contributed by atoms with Crippen LogP contribution in [-0.2, 0) is 32.6 Å². The molecule has 4 aromatic rings. The number of hydrogen-bond donors (Lipinski definition) is 1. The van der Waals surface area contributed by atoms with Gasteiger partial charge in [-0.2, -0.15) is 0 Å². The lowest BCUT2D eigenvalue weighted by atomic mass is 10.0. The largest absolute Gasteiger partial charge is 0.350 e. The SMILES string of the molecule is CC(C)(C)NC(=O)C(Cc1ccccc1)N(Cc1ccccc1)C(=O)CN(c1ccccc1)S(=O)(=O)c1ccc(Cl)cc1. The Morgan fingerprint density at radius 1 is 0.767 bits per heavy atom. The average molecular weight is 618 g/mol. The molecule has 0 bridgehead atoms. The summed E-state index contributed by atoms with van der Waals surface area (Å²) in [4.78, 5) is 29.7. The molecule has 0 aromatic heterocycles. The maximum absolute atomic E-state index is 14.4. The minimum Gasteiger partial charge on any atom is -0.350 e. The minimum atomic E-state index is -4.18. The quantitative estimate of drug-likeness (QED) is 0.221. The summed E-state index contributed by atoms with van der Waals surface area (Å²) in [7, 11) is -4.18. The van der Waals surface area contributed by atoms with Gasteiger partial charge in [-0.25, -0.2) is 8.42 Å². The number of carbonyl (C=O) groups is 2. The third kappa shape index (κ3) is 8.69. The molecular weight excluding hydrogens is 582 g/mol. The highest BCUT2D eigenvalue weighted by molar-refractivity contribution is 7.92. The van der Waals surface area contributed by atoms with E-state index in [1.165, 1.54) is 29.2 Å². The number of para-hydroxylation sites is 1. The number of anilines is 1. The molecule has 9 heteroatoms. The van der Waals surface area contributed by atoms with E-state index in [9.17, 15) is 18.0 Å². The zero-order valence-corrected chi connectivity index (χ0v) is 26.1. The lowest BCUT2D eigenvalue weighted by Crippen LogP contribution is -2.56. The van der Waals surface area contributed by atoms with Crippen molar-refractivity contribution in [2.45, 2.75) is 50.2 Å². The van der Waals surface area contributed by atoms with Crippen LogP contribution in [-0.4, -0.2) is 43.3 Å². The van der Waals surface area contributed by atoms with Crippen molar-refractivity contribution in [3.05, 3.63) is 131 Å². The Labute approximate surface area is 259 Å². The van der Waals surface area contributed by atoms with Crippen LogP contribution in [0.2, 0.25) is 5.02 Å². The zero-order valence-electron chi connectivity index (χ0n) is 24.5. The van der Waals surface area contributed by atoms with Crippen LogP contribution in [0.1, 0.15) is 31.9 Å². The van der Waals surface area contributed by atoms with E-state index in [-0.39, 0.29) is 23.8 Å². The molecule has 2 amide bonds. The number of sulfonamides is 1. The van der Waals surface area contributed by atoms with Gasteiger partial charge in [0.25, 0.3) is 10.0 Å². The predicted octanol–water partition coefficient (Wildman–Crippen LogP) is 6.09. The summed E-state index contributed by atoms with van der Waals surface area (Å²) in [5.74, 6) is -0.845. The van der Waals surface area contributed by atoms with Gasteiger partial charge in [-0.3, -0.25) is 13.9 Å². The Bertz CT molecular complexity index is 1610. The third-order valence-corrected chi connectivity index (χ3v) is 8.73. The zero-order chi connectivity index (χ0) is 31.0. The van der Waals surface area contributed by atoms with E-state index in [2.05, 4.69) is 5.32 Å². The van der Waals surface area contributed by atoms with Crippen molar-refractivity contribution in [1.29, 1.82) is 0 Å². The third-order valence-electron chi connectivity index (χ3n) is 6.69. The van der Waals surface area contributed by atoms with E-state index in [4.69, 9.17) is 11.6 Å². The fourth-order valence-corrected chi connectivity index (χ4v) is 6.18. The number of carbonyl (C=O) groups excluding carboxylic acids is 2. The fourth-order valence-electron chi connectivity index (χ4n) is 4.64. The number of amides is 2. The van der Waals surface area contributed by atoms with Gasteiger partial charge in [0.1, 0.15) is 12.6 Å². The molecule has 1 atom stereocenters. The van der Waals surface area contributed by atoms with Gasteiger partial charge in [-0.1, -0.05) is 90.5 Å². The number of benzene rings is 4. The van der Waals surface area contributed by atoms with E-state index in [0.29, 0.717) is 10.7 Å². The molecule has 1 unspecified atom stereocenters. The smallest absolute Gasteiger partial charge is 0.264 e. The fraction of sp³-hybridized carbons (Fsp3) is 0.235. The topological polar surface area (TPSA) is 86.8 Å². The first kappa shape index (κ1) is 31.8. The lowest BCUT2D eigenvalue weighted by molar-refractivity contribution is -0.140. The molecular formula is C34H36ClN3O4S. The Balaban J connectivity index is 1.78. The minimum absolute atomic E-state index is 0.00512. The van der Waals surface area contributed by atoms with Gasteiger partial charge in [-0.05, 0) is 68.3 Å². The van der Waals surface area contributed by atoms with Crippen molar-refractivity contribution in [3.8, 4) is 0 Å². The maximum atomic E-state index is 14.4. The number of hydrogen-bond acceptors (Lipinski definition) is 4. The van der Waals surface area contributed by atoms with Crippen LogP contribution >= 0.6 is 11.6 Å². The van der Waals surface area contributed by atoms with Crippen LogP contribution < -0.4 is 9.62 Å². The first-order chi connectivity index (χ1) is 20.4. The standard InChI is InChI=1S/C34H36ClN3O4S/c1-34(2,3)36-33(40)31(23-26-13-7-4-8-14-26)37(24-27-15-9-5-10-16-27)32(39)25-38(29-17-11-6-12-18-29)43(41,42)30-21-19-28(35)20-22-30/h4-22,31H,23-25H2,1-3H3,(H,36,40). The first-order valence-electron chi connectivity index (χ1n) is 14.0. The summed E-state index contributed by atoms with van der Waals surface area (Å²) >= 11 is 6.03. The molecule has 43 heavy (non-hydrogen) atoms. The molecule has 0 saturated carbocycles. The molecule has 0 fully saturated rings. The molecule has 4 aromatic carbocycles. The van der Waals surface area contributed by atoms with Gasteiger partial charge in [0, 0.05) is 23.5 Å². The molecule has 0 aliphatic rings. The summed E-state index contributed by atoms with van der Waals surface area (Å²) in [6.45, 7) is 5.23. The molecule has 0 aliphatic carbocycles. The molecule has 224 valence electrons. The predicted molar refractivity (Wildman–Crippen MR) is 171 cm³/mol. The monoisotopic (exact) mass is 617 g/mol. The molecule has 7 nitrogen and oxygen atoms in total. The van der Waals surface area contributed by atoms with Crippen molar-refractivity contribution < 1.29 is 18.0 Å². The van der Waals surface area contributed by atoms with Gasteiger partial charge >= 0.3 is 0 Å². The highest BCUT2D eigenvalue weighted by Crippen LogP contribution is 2.26. The van der Waals surface area contributed by atoms with Crippen molar-refractivity contribution in [2.75, 3.05) is 10.8 Å². The summed E-state index contributed by atoms with van der Waals surface area (Å²) in [5.41, 5.74) is 1.45. The summed E-state index contributed by atoms with van der Waals surface area (Å²) in [5, 5.41) is 3.42. The van der Waals surface area contributed by atoms with Gasteiger partial charge in [0.15, 0.2) is 0 Å². The molecule has 0 aliphatic heterocycles. The Kier molecular flexibility index (Phi) is 10.3. The normalized spacial score (nSPS) is 12.3. The Hall–Kier alpha value is -4.14. The number of nitrogens with zero attached hydrogens (tertiary/aromatic N) is 2.